The zero-order valence-corrected chi connectivity index (χ0v) is 11.2. The van der Waals surface area contributed by atoms with Crippen LogP contribution >= 0.6 is 11.3 Å². The Bertz CT molecular complexity index is 565. The van der Waals surface area contributed by atoms with Crippen LogP contribution in [-0.4, -0.2) is 12.1 Å². The van der Waals surface area contributed by atoms with Crippen molar-refractivity contribution in [2.45, 2.75) is 25.3 Å². The van der Waals surface area contributed by atoms with E-state index in [0.717, 1.165) is 35.6 Å². The zero-order chi connectivity index (χ0) is 12.5. The van der Waals surface area contributed by atoms with Gasteiger partial charge in [0, 0.05) is 16.5 Å². The van der Waals surface area contributed by atoms with E-state index in [1.807, 2.05) is 18.2 Å². The lowest BCUT2D eigenvalue weighted by molar-refractivity contribution is 0.415. The van der Waals surface area contributed by atoms with Crippen LogP contribution in [0.1, 0.15) is 29.5 Å². The van der Waals surface area contributed by atoms with Crippen molar-refractivity contribution in [2.24, 2.45) is 5.73 Å². The van der Waals surface area contributed by atoms with Gasteiger partial charge < -0.3 is 10.5 Å². The molecule has 0 saturated heterocycles. The number of hydrogen-bond donors (Lipinski definition) is 1. The van der Waals surface area contributed by atoms with Gasteiger partial charge in [0.15, 0.2) is 0 Å². The number of rotatable bonds is 2. The van der Waals surface area contributed by atoms with Gasteiger partial charge in [0.1, 0.15) is 10.8 Å². The quantitative estimate of drug-likeness (QED) is 0.902. The van der Waals surface area contributed by atoms with Gasteiger partial charge in [-0.3, -0.25) is 0 Å². The molecule has 3 rings (SSSR count). The molecule has 1 heterocycles. The fourth-order valence-electron chi connectivity index (χ4n) is 2.33. The maximum absolute atomic E-state index is 6.14. The molecule has 1 aliphatic rings. The second kappa shape index (κ2) is 4.71. The SMILES string of the molecule is COc1cccc(-c2nc3c(s2)C(N)CCC3)c1. The summed E-state index contributed by atoms with van der Waals surface area (Å²) in [6, 6.07) is 8.20. The molecule has 18 heavy (non-hydrogen) atoms. The highest BCUT2D eigenvalue weighted by atomic mass is 32.1. The minimum absolute atomic E-state index is 0.172. The maximum atomic E-state index is 6.14. The molecule has 1 aromatic carbocycles. The Hall–Kier alpha value is -1.39. The number of nitrogens with two attached hydrogens (primary N) is 1. The van der Waals surface area contributed by atoms with Crippen molar-refractivity contribution in [3.05, 3.63) is 34.8 Å². The van der Waals surface area contributed by atoms with Crippen LogP contribution in [0.3, 0.4) is 0 Å². The van der Waals surface area contributed by atoms with E-state index in [-0.39, 0.29) is 6.04 Å². The summed E-state index contributed by atoms with van der Waals surface area (Å²) in [4.78, 5) is 5.99. The standard InChI is InChI=1S/C14H16N2OS/c1-17-10-5-2-4-9(8-10)14-16-12-7-3-6-11(15)13(12)18-14/h2,4-5,8,11H,3,6-7,15H2,1H3. The highest BCUT2D eigenvalue weighted by Gasteiger charge is 2.22. The predicted octanol–water partition coefficient (Wildman–Crippen LogP) is 3.15. The number of thiazole rings is 1. The van der Waals surface area contributed by atoms with Crippen LogP contribution < -0.4 is 10.5 Å². The molecule has 0 aliphatic heterocycles. The van der Waals surface area contributed by atoms with Crippen LogP contribution in [0.15, 0.2) is 24.3 Å². The molecular formula is C14H16N2OS. The number of fused-ring (bicyclic) bond motifs is 1. The fourth-order valence-corrected chi connectivity index (χ4v) is 3.48. The molecule has 1 aromatic heterocycles. The summed E-state index contributed by atoms with van der Waals surface area (Å²) in [6.07, 6.45) is 3.28. The summed E-state index contributed by atoms with van der Waals surface area (Å²) in [5, 5.41) is 1.05. The Morgan fingerprint density at radius 1 is 1.44 bits per heavy atom. The average molecular weight is 260 g/mol. The third kappa shape index (κ3) is 2.02. The molecule has 0 radical (unpaired) electrons. The molecule has 0 saturated carbocycles. The number of benzene rings is 1. The van der Waals surface area contributed by atoms with Crippen molar-refractivity contribution in [1.82, 2.24) is 4.98 Å². The van der Waals surface area contributed by atoms with Crippen LogP contribution in [0.5, 0.6) is 5.75 Å². The van der Waals surface area contributed by atoms with Gasteiger partial charge in [-0.05, 0) is 31.4 Å². The molecule has 2 N–H and O–H groups in total. The second-order valence-electron chi connectivity index (χ2n) is 4.56. The fraction of sp³-hybridized carbons (Fsp3) is 0.357. The summed E-state index contributed by atoms with van der Waals surface area (Å²) < 4.78 is 5.25. The first kappa shape index (κ1) is 11.7. The Kier molecular flexibility index (Phi) is 3.06. The van der Waals surface area contributed by atoms with Gasteiger partial charge in [0.05, 0.1) is 12.8 Å². The van der Waals surface area contributed by atoms with E-state index in [2.05, 4.69) is 6.07 Å². The van der Waals surface area contributed by atoms with Gasteiger partial charge in [0.2, 0.25) is 0 Å². The maximum Gasteiger partial charge on any atom is 0.124 e. The van der Waals surface area contributed by atoms with E-state index < -0.39 is 0 Å². The van der Waals surface area contributed by atoms with Crippen molar-refractivity contribution in [3.8, 4) is 16.3 Å². The van der Waals surface area contributed by atoms with E-state index in [0.29, 0.717) is 0 Å². The topological polar surface area (TPSA) is 48.1 Å². The summed E-state index contributed by atoms with van der Waals surface area (Å²) in [7, 11) is 1.68. The summed E-state index contributed by atoms with van der Waals surface area (Å²) in [5.74, 6) is 0.866. The third-order valence-corrected chi connectivity index (χ3v) is 4.59. The molecular weight excluding hydrogens is 244 g/mol. The number of aromatic nitrogens is 1. The molecule has 1 unspecified atom stereocenters. The van der Waals surface area contributed by atoms with Crippen molar-refractivity contribution in [2.75, 3.05) is 7.11 Å². The van der Waals surface area contributed by atoms with Crippen LogP contribution in [-0.2, 0) is 6.42 Å². The first-order valence-electron chi connectivity index (χ1n) is 6.17. The lowest BCUT2D eigenvalue weighted by Crippen LogP contribution is -2.15. The molecule has 0 amide bonds. The van der Waals surface area contributed by atoms with E-state index >= 15 is 0 Å². The molecule has 0 bridgehead atoms. The largest absolute Gasteiger partial charge is 0.497 e. The number of ether oxygens (including phenoxy) is 1. The van der Waals surface area contributed by atoms with Gasteiger partial charge in [-0.2, -0.15) is 0 Å². The summed E-state index contributed by atoms with van der Waals surface area (Å²) in [6.45, 7) is 0. The Labute approximate surface area is 111 Å². The van der Waals surface area contributed by atoms with E-state index in [1.54, 1.807) is 18.4 Å². The Balaban J connectivity index is 2.01. The van der Waals surface area contributed by atoms with Crippen LogP contribution in [0.2, 0.25) is 0 Å². The van der Waals surface area contributed by atoms with Crippen molar-refractivity contribution < 1.29 is 4.74 Å². The summed E-state index contributed by atoms with van der Waals surface area (Å²) in [5.41, 5.74) is 8.44. The van der Waals surface area contributed by atoms with Gasteiger partial charge in [-0.25, -0.2) is 4.98 Å². The van der Waals surface area contributed by atoms with Gasteiger partial charge in [0.25, 0.3) is 0 Å². The minimum atomic E-state index is 0.172. The van der Waals surface area contributed by atoms with Crippen molar-refractivity contribution >= 4 is 11.3 Å². The van der Waals surface area contributed by atoms with E-state index in [4.69, 9.17) is 15.5 Å². The number of hydrogen-bond acceptors (Lipinski definition) is 4. The normalized spacial score (nSPS) is 18.4. The van der Waals surface area contributed by atoms with Crippen LogP contribution in [0.4, 0.5) is 0 Å². The monoisotopic (exact) mass is 260 g/mol. The lowest BCUT2D eigenvalue weighted by Gasteiger charge is -2.15. The van der Waals surface area contributed by atoms with Gasteiger partial charge >= 0.3 is 0 Å². The molecule has 2 aromatic rings. The average Bonchev–Trinajstić information content (AvgIpc) is 2.84. The van der Waals surface area contributed by atoms with Crippen molar-refractivity contribution in [1.29, 1.82) is 0 Å². The first-order valence-corrected chi connectivity index (χ1v) is 6.99. The lowest BCUT2D eigenvalue weighted by atomic mass is 9.99. The predicted molar refractivity (Wildman–Crippen MR) is 74.0 cm³/mol. The van der Waals surface area contributed by atoms with Gasteiger partial charge in [-0.1, -0.05) is 12.1 Å². The highest BCUT2D eigenvalue weighted by molar-refractivity contribution is 7.15. The smallest absolute Gasteiger partial charge is 0.124 e. The van der Waals surface area contributed by atoms with E-state index in [9.17, 15) is 0 Å². The Morgan fingerprint density at radius 2 is 2.33 bits per heavy atom. The van der Waals surface area contributed by atoms with Gasteiger partial charge in [-0.15, -0.1) is 11.3 Å². The number of methoxy groups -OCH3 is 1. The van der Waals surface area contributed by atoms with E-state index in [1.165, 1.54) is 10.6 Å². The molecule has 94 valence electrons. The van der Waals surface area contributed by atoms with Crippen LogP contribution in [0, 0.1) is 0 Å². The third-order valence-electron chi connectivity index (χ3n) is 3.31. The molecule has 0 fully saturated rings. The molecule has 3 nitrogen and oxygen atoms in total. The number of aryl methyl sites for hydroxylation is 1. The minimum Gasteiger partial charge on any atom is -0.497 e. The molecule has 0 spiro atoms. The number of nitrogens with zero attached hydrogens (tertiary/aromatic N) is 1. The molecule has 1 aliphatic carbocycles. The van der Waals surface area contributed by atoms with Crippen molar-refractivity contribution in [3.63, 3.8) is 0 Å². The Morgan fingerprint density at radius 3 is 3.11 bits per heavy atom. The first-order chi connectivity index (χ1) is 8.78. The molecule has 1 atom stereocenters. The summed E-state index contributed by atoms with van der Waals surface area (Å²) >= 11 is 1.72. The second-order valence-corrected chi connectivity index (χ2v) is 5.59. The molecule has 4 heteroatoms. The highest BCUT2D eigenvalue weighted by Crippen LogP contribution is 2.37. The van der Waals surface area contributed by atoms with Crippen LogP contribution in [0.25, 0.3) is 10.6 Å². The zero-order valence-electron chi connectivity index (χ0n) is 10.3.